The number of aliphatic hydroxyl groups is 3. The van der Waals surface area contributed by atoms with Crippen LogP contribution in [0.4, 0.5) is 0 Å². The van der Waals surface area contributed by atoms with Crippen molar-refractivity contribution in [2.24, 2.45) is 0 Å². The first-order valence-electron chi connectivity index (χ1n) is 28.3. The summed E-state index contributed by atoms with van der Waals surface area (Å²) in [6.07, 6.45) is 62.7. The number of aliphatic hydroxyl groups excluding tert-OH is 3. The molecular weight excluding hydrogens is 751 g/mol. The molecule has 0 aromatic carbocycles. The highest BCUT2D eigenvalue weighted by atomic mass is 16.3. The van der Waals surface area contributed by atoms with Gasteiger partial charge < -0.3 is 20.6 Å². The highest BCUT2D eigenvalue weighted by Gasteiger charge is 2.21. The Kier molecular flexibility index (Phi) is 51.4. The van der Waals surface area contributed by atoms with E-state index in [2.05, 4.69) is 19.2 Å². The standard InChI is InChI=1S/C56H113NO4/c1-3-5-7-9-11-13-15-17-19-21-22-23-24-25-26-27-28-29-30-31-32-34-35-37-39-41-43-45-47-49-53(59)51-56(61)57-54(52-58)55(60)50-48-46-44-42-40-38-36-33-20-18-16-14-12-10-8-6-4-2/h53-55,58-60H,3-52H2,1-2H3,(H,57,61). The monoisotopic (exact) mass is 864 g/mol. The molecule has 0 aromatic heterocycles. The predicted molar refractivity (Wildman–Crippen MR) is 269 cm³/mol. The van der Waals surface area contributed by atoms with Gasteiger partial charge in [0, 0.05) is 0 Å². The third-order valence-electron chi connectivity index (χ3n) is 13.7. The Balaban J connectivity index is 3.46. The maximum Gasteiger partial charge on any atom is 0.222 e. The Morgan fingerprint density at radius 2 is 0.557 bits per heavy atom. The lowest BCUT2D eigenvalue weighted by atomic mass is 10.0. The number of rotatable bonds is 53. The van der Waals surface area contributed by atoms with Gasteiger partial charge in [0.15, 0.2) is 0 Å². The van der Waals surface area contributed by atoms with Gasteiger partial charge in [-0.1, -0.05) is 309 Å². The van der Waals surface area contributed by atoms with Crippen molar-refractivity contribution in [3.05, 3.63) is 0 Å². The molecule has 0 saturated carbocycles. The Labute approximate surface area is 383 Å². The number of hydrogen-bond acceptors (Lipinski definition) is 4. The molecule has 5 heteroatoms. The van der Waals surface area contributed by atoms with E-state index in [4.69, 9.17) is 0 Å². The first-order valence-corrected chi connectivity index (χ1v) is 28.3. The van der Waals surface area contributed by atoms with Crippen molar-refractivity contribution in [2.45, 2.75) is 347 Å². The molecule has 0 aromatic rings. The maximum absolute atomic E-state index is 12.5. The van der Waals surface area contributed by atoms with Crippen molar-refractivity contribution < 1.29 is 20.1 Å². The zero-order valence-corrected chi connectivity index (χ0v) is 41.8. The molecule has 1 amide bonds. The second-order valence-corrected chi connectivity index (χ2v) is 19.9. The molecule has 61 heavy (non-hydrogen) atoms. The van der Waals surface area contributed by atoms with E-state index < -0.39 is 18.2 Å². The van der Waals surface area contributed by atoms with Crippen molar-refractivity contribution in [3.8, 4) is 0 Å². The SMILES string of the molecule is CCCCCCCCCCCCCCCCCCCCCCCCCCCCCCCC(O)CC(=O)NC(CO)C(O)CCCCCCCCCCCCCCCCCCC. The van der Waals surface area contributed by atoms with E-state index in [-0.39, 0.29) is 18.9 Å². The summed E-state index contributed by atoms with van der Waals surface area (Å²) in [4.78, 5) is 12.5. The van der Waals surface area contributed by atoms with Gasteiger partial charge >= 0.3 is 0 Å². The highest BCUT2D eigenvalue weighted by Crippen LogP contribution is 2.19. The Bertz CT molecular complexity index is 822. The fraction of sp³-hybridized carbons (Fsp3) is 0.982. The second-order valence-electron chi connectivity index (χ2n) is 19.9. The molecule has 0 aliphatic heterocycles. The van der Waals surface area contributed by atoms with Crippen LogP contribution >= 0.6 is 0 Å². The van der Waals surface area contributed by atoms with Crippen LogP contribution in [0.15, 0.2) is 0 Å². The normalized spacial score (nSPS) is 13.2. The molecule has 0 rings (SSSR count). The molecule has 5 nitrogen and oxygen atoms in total. The van der Waals surface area contributed by atoms with E-state index in [1.807, 2.05) is 0 Å². The van der Waals surface area contributed by atoms with Crippen LogP contribution in [0, 0.1) is 0 Å². The van der Waals surface area contributed by atoms with Gasteiger partial charge in [-0.05, 0) is 12.8 Å². The van der Waals surface area contributed by atoms with Gasteiger partial charge in [-0.3, -0.25) is 4.79 Å². The molecule has 0 fully saturated rings. The van der Waals surface area contributed by atoms with Gasteiger partial charge in [0.2, 0.25) is 5.91 Å². The van der Waals surface area contributed by atoms with Crippen LogP contribution in [0.5, 0.6) is 0 Å². The first kappa shape index (κ1) is 60.4. The number of amides is 1. The molecule has 0 aliphatic rings. The lowest BCUT2D eigenvalue weighted by molar-refractivity contribution is -0.125. The van der Waals surface area contributed by atoms with E-state index in [1.165, 1.54) is 270 Å². The maximum atomic E-state index is 12.5. The average Bonchev–Trinajstić information content (AvgIpc) is 3.25. The van der Waals surface area contributed by atoms with Crippen molar-refractivity contribution in [1.82, 2.24) is 5.32 Å². The second kappa shape index (κ2) is 52.0. The fourth-order valence-electron chi connectivity index (χ4n) is 9.35. The summed E-state index contributed by atoms with van der Waals surface area (Å²) < 4.78 is 0. The van der Waals surface area contributed by atoms with Crippen LogP contribution < -0.4 is 5.32 Å². The Morgan fingerprint density at radius 3 is 0.787 bits per heavy atom. The smallest absolute Gasteiger partial charge is 0.222 e. The van der Waals surface area contributed by atoms with Crippen LogP contribution in [0.1, 0.15) is 328 Å². The van der Waals surface area contributed by atoms with Crippen LogP contribution in [0.25, 0.3) is 0 Å². The molecule has 3 atom stereocenters. The number of carbonyl (C=O) groups is 1. The summed E-state index contributed by atoms with van der Waals surface area (Å²) in [5.41, 5.74) is 0. The average molecular weight is 865 g/mol. The number of nitrogens with one attached hydrogen (secondary N) is 1. The minimum atomic E-state index is -0.745. The quantitative estimate of drug-likeness (QED) is 0.0459. The van der Waals surface area contributed by atoms with E-state index in [1.54, 1.807) is 0 Å². The number of hydrogen-bond donors (Lipinski definition) is 4. The lowest BCUT2D eigenvalue weighted by Gasteiger charge is -2.23. The zero-order valence-electron chi connectivity index (χ0n) is 41.8. The van der Waals surface area contributed by atoms with Crippen LogP contribution in [0.2, 0.25) is 0 Å². The fourth-order valence-corrected chi connectivity index (χ4v) is 9.35. The summed E-state index contributed by atoms with van der Waals surface area (Å²) in [5.74, 6) is -0.275. The summed E-state index contributed by atoms with van der Waals surface area (Å²) in [5, 5.41) is 33.6. The molecule has 4 N–H and O–H groups in total. The van der Waals surface area contributed by atoms with Crippen molar-refractivity contribution in [1.29, 1.82) is 0 Å². The van der Waals surface area contributed by atoms with E-state index in [0.29, 0.717) is 12.8 Å². The molecular formula is C56H113NO4. The molecule has 0 spiro atoms. The highest BCUT2D eigenvalue weighted by molar-refractivity contribution is 5.76. The number of unbranched alkanes of at least 4 members (excludes halogenated alkanes) is 44. The topological polar surface area (TPSA) is 89.8 Å². The molecule has 0 aliphatic carbocycles. The molecule has 0 bridgehead atoms. The molecule has 366 valence electrons. The van der Waals surface area contributed by atoms with Gasteiger partial charge in [0.1, 0.15) is 0 Å². The summed E-state index contributed by atoms with van der Waals surface area (Å²) >= 11 is 0. The van der Waals surface area contributed by atoms with Gasteiger partial charge in [0.05, 0.1) is 31.3 Å². The van der Waals surface area contributed by atoms with Gasteiger partial charge in [-0.2, -0.15) is 0 Å². The summed E-state index contributed by atoms with van der Waals surface area (Å²) in [7, 11) is 0. The summed E-state index contributed by atoms with van der Waals surface area (Å²) in [6.45, 7) is 4.31. The Hall–Kier alpha value is -0.650. The zero-order chi connectivity index (χ0) is 44.4. The summed E-state index contributed by atoms with van der Waals surface area (Å²) in [6, 6.07) is -0.654. The van der Waals surface area contributed by atoms with Crippen LogP contribution in [0.3, 0.4) is 0 Å². The largest absolute Gasteiger partial charge is 0.394 e. The molecule has 3 unspecified atom stereocenters. The van der Waals surface area contributed by atoms with E-state index in [9.17, 15) is 20.1 Å². The minimum absolute atomic E-state index is 0.0435. The molecule has 0 radical (unpaired) electrons. The molecule has 0 saturated heterocycles. The molecule has 0 heterocycles. The van der Waals surface area contributed by atoms with Crippen molar-refractivity contribution in [3.63, 3.8) is 0 Å². The minimum Gasteiger partial charge on any atom is -0.394 e. The Morgan fingerprint density at radius 1 is 0.344 bits per heavy atom. The van der Waals surface area contributed by atoms with Gasteiger partial charge in [-0.15, -0.1) is 0 Å². The van der Waals surface area contributed by atoms with E-state index in [0.717, 1.165) is 25.7 Å². The third-order valence-corrected chi connectivity index (χ3v) is 13.7. The van der Waals surface area contributed by atoms with Crippen molar-refractivity contribution in [2.75, 3.05) is 6.61 Å². The first-order chi connectivity index (χ1) is 30.0. The van der Waals surface area contributed by atoms with Gasteiger partial charge in [0.25, 0.3) is 0 Å². The van der Waals surface area contributed by atoms with Crippen LogP contribution in [-0.2, 0) is 4.79 Å². The van der Waals surface area contributed by atoms with Crippen molar-refractivity contribution >= 4 is 5.91 Å². The lowest BCUT2D eigenvalue weighted by Crippen LogP contribution is -2.46. The third kappa shape index (κ3) is 48.6. The van der Waals surface area contributed by atoms with Crippen LogP contribution in [-0.4, -0.2) is 46.1 Å². The number of carbonyl (C=O) groups excluding carboxylic acids is 1. The predicted octanol–water partition coefficient (Wildman–Crippen LogP) is 17.3. The van der Waals surface area contributed by atoms with Gasteiger partial charge in [-0.25, -0.2) is 0 Å². The van der Waals surface area contributed by atoms with E-state index >= 15 is 0 Å².